The largest absolute Gasteiger partial charge is 0.342 e. The predicted octanol–water partition coefficient (Wildman–Crippen LogP) is 2.62. The van der Waals surface area contributed by atoms with Crippen molar-refractivity contribution in [3.8, 4) is 0 Å². The minimum atomic E-state index is 0.508. The van der Waals surface area contributed by atoms with Gasteiger partial charge in [0.2, 0.25) is 0 Å². The van der Waals surface area contributed by atoms with Crippen LogP contribution in [0.5, 0.6) is 0 Å². The summed E-state index contributed by atoms with van der Waals surface area (Å²) < 4.78 is 0. The number of allylic oxidation sites excluding steroid dienone is 5. The van der Waals surface area contributed by atoms with Gasteiger partial charge < -0.3 is 10.3 Å². The van der Waals surface area contributed by atoms with Gasteiger partial charge in [0.25, 0.3) is 0 Å². The number of nitrogens with one attached hydrogen (secondary N) is 1. The number of hydrogen-bond acceptors (Lipinski definition) is 3. The van der Waals surface area contributed by atoms with E-state index in [0.29, 0.717) is 12.4 Å². The molecule has 3 heteroatoms. The lowest BCUT2D eigenvalue weighted by molar-refractivity contribution is -0.257. The first-order valence-corrected chi connectivity index (χ1v) is 4.05. The second-order valence-electron chi connectivity index (χ2n) is 2.28. The highest BCUT2D eigenvalue weighted by Crippen LogP contribution is 1.99. The van der Waals surface area contributed by atoms with Crippen LogP contribution in [0, 0.1) is 5.41 Å². The van der Waals surface area contributed by atoms with Gasteiger partial charge in [-0.2, -0.15) is 4.89 Å². The zero-order valence-corrected chi connectivity index (χ0v) is 8.04. The lowest BCUT2D eigenvalue weighted by Crippen LogP contribution is -1.90. The van der Waals surface area contributed by atoms with Crippen LogP contribution in [0.3, 0.4) is 0 Å². The Kier molecular flexibility index (Phi) is 6.55. The van der Waals surface area contributed by atoms with Crippen LogP contribution >= 0.6 is 0 Å². The van der Waals surface area contributed by atoms with Gasteiger partial charge in [0.15, 0.2) is 0 Å². The van der Waals surface area contributed by atoms with Crippen LogP contribution in [0.15, 0.2) is 36.1 Å². The summed E-state index contributed by atoms with van der Waals surface area (Å²) >= 11 is 0. The van der Waals surface area contributed by atoms with E-state index < -0.39 is 0 Å². The van der Waals surface area contributed by atoms with Crippen LogP contribution in [0.2, 0.25) is 0 Å². The molecule has 0 radical (unpaired) electrons. The van der Waals surface area contributed by atoms with Gasteiger partial charge in [0.05, 0.1) is 6.61 Å². The van der Waals surface area contributed by atoms with Crippen molar-refractivity contribution >= 4 is 6.21 Å². The van der Waals surface area contributed by atoms with E-state index in [-0.39, 0.29) is 0 Å². The maximum Gasteiger partial charge on any atom is 0.139 e. The summed E-state index contributed by atoms with van der Waals surface area (Å²) in [6.45, 7) is 7.68. The normalized spacial score (nSPS) is 12.5. The summed E-state index contributed by atoms with van der Waals surface area (Å²) in [6, 6.07) is 0. The van der Waals surface area contributed by atoms with Crippen molar-refractivity contribution in [3.63, 3.8) is 0 Å². The molecule has 0 fully saturated rings. The molecule has 0 amide bonds. The molecule has 0 unspecified atom stereocenters. The SMILES string of the molecule is C=C/C(C=N)=C\C=C(/C)OOCC. The fourth-order valence-electron chi connectivity index (χ4n) is 0.568. The minimum Gasteiger partial charge on any atom is -0.342 e. The smallest absolute Gasteiger partial charge is 0.139 e. The van der Waals surface area contributed by atoms with Crippen molar-refractivity contribution in [2.45, 2.75) is 13.8 Å². The summed E-state index contributed by atoms with van der Waals surface area (Å²) in [5, 5.41) is 6.98. The first-order chi connectivity index (χ1) is 6.24. The molecule has 13 heavy (non-hydrogen) atoms. The first kappa shape index (κ1) is 11.6. The third-order valence-electron chi connectivity index (χ3n) is 1.22. The van der Waals surface area contributed by atoms with Crippen molar-refractivity contribution in [1.82, 2.24) is 0 Å². The van der Waals surface area contributed by atoms with Crippen molar-refractivity contribution in [3.05, 3.63) is 36.1 Å². The topological polar surface area (TPSA) is 42.3 Å². The molecule has 0 aliphatic carbocycles. The van der Waals surface area contributed by atoms with Crippen LogP contribution in [-0.2, 0) is 9.78 Å². The van der Waals surface area contributed by atoms with Crippen LogP contribution in [-0.4, -0.2) is 12.8 Å². The van der Waals surface area contributed by atoms with E-state index in [1.165, 1.54) is 6.21 Å². The monoisotopic (exact) mass is 181 g/mol. The van der Waals surface area contributed by atoms with Crippen LogP contribution in [0.1, 0.15) is 13.8 Å². The zero-order chi connectivity index (χ0) is 10.1. The van der Waals surface area contributed by atoms with Gasteiger partial charge in [-0.3, -0.25) is 0 Å². The quantitative estimate of drug-likeness (QED) is 0.225. The van der Waals surface area contributed by atoms with Gasteiger partial charge >= 0.3 is 0 Å². The summed E-state index contributed by atoms with van der Waals surface area (Å²) in [5.74, 6) is 0.642. The molecule has 0 aliphatic heterocycles. The summed E-state index contributed by atoms with van der Waals surface area (Å²) in [7, 11) is 0. The van der Waals surface area contributed by atoms with Crippen LogP contribution in [0.4, 0.5) is 0 Å². The van der Waals surface area contributed by atoms with E-state index in [2.05, 4.69) is 6.58 Å². The van der Waals surface area contributed by atoms with Crippen molar-refractivity contribution in [2.75, 3.05) is 6.61 Å². The fourth-order valence-corrected chi connectivity index (χ4v) is 0.568. The van der Waals surface area contributed by atoms with E-state index in [9.17, 15) is 0 Å². The van der Waals surface area contributed by atoms with Gasteiger partial charge in [-0.05, 0) is 25.5 Å². The van der Waals surface area contributed by atoms with Crippen LogP contribution < -0.4 is 0 Å². The Morgan fingerprint density at radius 3 is 2.62 bits per heavy atom. The van der Waals surface area contributed by atoms with Gasteiger partial charge in [-0.15, -0.1) is 0 Å². The average Bonchev–Trinajstić information content (AvgIpc) is 2.16. The predicted molar refractivity (Wildman–Crippen MR) is 53.5 cm³/mol. The maximum atomic E-state index is 6.98. The Labute approximate surface area is 78.8 Å². The van der Waals surface area contributed by atoms with E-state index in [1.54, 1.807) is 25.2 Å². The molecule has 0 aliphatic rings. The second-order valence-corrected chi connectivity index (χ2v) is 2.28. The maximum absolute atomic E-state index is 6.98. The van der Waals surface area contributed by atoms with Gasteiger partial charge in [0, 0.05) is 6.21 Å². The summed E-state index contributed by atoms with van der Waals surface area (Å²) in [4.78, 5) is 9.55. The Balaban J connectivity index is 4.13. The molecule has 0 saturated carbocycles. The Morgan fingerprint density at radius 1 is 1.46 bits per heavy atom. The van der Waals surface area contributed by atoms with E-state index >= 15 is 0 Å². The Morgan fingerprint density at radius 2 is 2.15 bits per heavy atom. The number of hydrogen-bond donors (Lipinski definition) is 1. The highest BCUT2D eigenvalue weighted by molar-refractivity contribution is 5.79. The molecule has 0 rings (SSSR count). The van der Waals surface area contributed by atoms with Crippen molar-refractivity contribution < 1.29 is 9.78 Å². The third-order valence-corrected chi connectivity index (χ3v) is 1.22. The van der Waals surface area contributed by atoms with Crippen molar-refractivity contribution in [2.24, 2.45) is 0 Å². The van der Waals surface area contributed by atoms with E-state index in [0.717, 1.165) is 5.57 Å². The lowest BCUT2D eigenvalue weighted by Gasteiger charge is -2.00. The molecular formula is C10H15NO2. The molecular weight excluding hydrogens is 166 g/mol. The molecule has 0 atom stereocenters. The fraction of sp³-hybridized carbons (Fsp3) is 0.300. The molecule has 0 aromatic carbocycles. The highest BCUT2D eigenvalue weighted by atomic mass is 17.2. The van der Waals surface area contributed by atoms with Gasteiger partial charge in [-0.25, -0.2) is 0 Å². The molecule has 0 spiro atoms. The van der Waals surface area contributed by atoms with E-state index in [1.807, 2.05) is 6.92 Å². The lowest BCUT2D eigenvalue weighted by atomic mass is 10.2. The van der Waals surface area contributed by atoms with Crippen molar-refractivity contribution in [1.29, 1.82) is 5.41 Å². The molecule has 3 nitrogen and oxygen atoms in total. The highest BCUT2D eigenvalue weighted by Gasteiger charge is 1.88. The minimum absolute atomic E-state index is 0.508. The summed E-state index contributed by atoms with van der Waals surface area (Å²) in [6.07, 6.45) is 6.26. The molecule has 0 aromatic heterocycles. The standard InChI is InChI=1S/C10H15NO2/c1-4-10(8-11)7-6-9(3)13-12-5-2/h4,6-8,11H,1,5H2,2-3H3/b9-6+,10-7+,11-8?. The second kappa shape index (κ2) is 7.31. The molecule has 72 valence electrons. The van der Waals surface area contributed by atoms with Gasteiger partial charge in [-0.1, -0.05) is 18.7 Å². The molecule has 0 bridgehead atoms. The molecule has 1 N–H and O–H groups in total. The average molecular weight is 181 g/mol. The first-order valence-electron chi connectivity index (χ1n) is 4.05. The molecule has 0 heterocycles. The molecule has 0 saturated heterocycles. The Hall–Kier alpha value is -1.35. The molecule has 0 aromatic rings. The third kappa shape index (κ3) is 5.87. The van der Waals surface area contributed by atoms with Gasteiger partial charge in [0.1, 0.15) is 5.76 Å². The number of rotatable bonds is 6. The Bertz CT molecular complexity index is 219. The van der Waals surface area contributed by atoms with E-state index in [4.69, 9.17) is 15.2 Å². The summed E-state index contributed by atoms with van der Waals surface area (Å²) in [5.41, 5.74) is 0.722. The zero-order valence-electron chi connectivity index (χ0n) is 8.04. The van der Waals surface area contributed by atoms with Crippen LogP contribution in [0.25, 0.3) is 0 Å².